The number of rotatable bonds is 3. The van der Waals surface area contributed by atoms with Crippen LogP contribution in [0.1, 0.15) is 6.23 Å². The van der Waals surface area contributed by atoms with E-state index < -0.39 is 31.1 Å². The van der Waals surface area contributed by atoms with Crippen LogP contribution < -0.4 is 0 Å². The molecule has 0 aromatic carbocycles. The lowest BCUT2D eigenvalue weighted by Crippen LogP contribution is -2.33. The van der Waals surface area contributed by atoms with Crippen molar-refractivity contribution in [2.24, 2.45) is 5.11 Å². The zero-order valence-electron chi connectivity index (χ0n) is 10.9. The van der Waals surface area contributed by atoms with Crippen molar-refractivity contribution in [3.05, 3.63) is 20.5 Å². The quantitative estimate of drug-likeness (QED) is 0.207. The summed E-state index contributed by atoms with van der Waals surface area (Å²) in [7, 11) is 0. The molecule has 11 nitrogen and oxygen atoms in total. The number of aromatic nitrogens is 4. The molecular formula is C10H10IN7O4. The minimum absolute atomic E-state index is 0.0899. The first-order chi connectivity index (χ1) is 10.6. The molecule has 0 radical (unpaired) electrons. The number of imidazole rings is 1. The third kappa shape index (κ3) is 2.39. The highest BCUT2D eigenvalue weighted by Gasteiger charge is 2.44. The van der Waals surface area contributed by atoms with E-state index in [2.05, 4.69) is 25.0 Å². The summed E-state index contributed by atoms with van der Waals surface area (Å²) < 4.78 is 7.30. The van der Waals surface area contributed by atoms with Gasteiger partial charge in [0.2, 0.25) is 5.95 Å². The lowest BCUT2D eigenvalue weighted by Gasteiger charge is -2.16. The van der Waals surface area contributed by atoms with Gasteiger partial charge in [0.25, 0.3) is 0 Å². The fourth-order valence-electron chi connectivity index (χ4n) is 2.25. The van der Waals surface area contributed by atoms with Gasteiger partial charge in [-0.05, 0) is 33.2 Å². The smallest absolute Gasteiger partial charge is 0.219 e. The molecule has 3 rings (SSSR count). The first-order valence-corrected chi connectivity index (χ1v) is 7.22. The molecule has 0 saturated carbocycles. The number of nitrogens with zero attached hydrogens (tertiary/aromatic N) is 7. The first-order valence-electron chi connectivity index (χ1n) is 6.14. The normalized spacial score (nSPS) is 28.0. The van der Waals surface area contributed by atoms with Crippen LogP contribution in [0.5, 0.6) is 0 Å². The second-order valence-corrected chi connectivity index (χ2v) is 5.58. The Bertz CT molecular complexity index is 761. The summed E-state index contributed by atoms with van der Waals surface area (Å²) in [6.45, 7) is -0.433. The lowest BCUT2D eigenvalue weighted by molar-refractivity contribution is -0.0511. The largest absolute Gasteiger partial charge is 0.394 e. The number of aliphatic hydroxyl groups excluding tert-OH is 3. The zero-order valence-corrected chi connectivity index (χ0v) is 13.0. The van der Waals surface area contributed by atoms with Gasteiger partial charge in [0.05, 0.1) is 12.9 Å². The van der Waals surface area contributed by atoms with E-state index in [1.54, 1.807) is 0 Å². The molecule has 0 aliphatic carbocycles. The standard InChI is InChI=1S/C10H10IN7O4/c11-7-4-8(15-10(14-7)16-17-12)18(2-13-4)9-6(21)5(20)3(1-19)22-9/h2-3,5-6,9,19-21H,1H2/t3-,5-,6-,9-/m1/s1. The molecule has 0 amide bonds. The van der Waals surface area contributed by atoms with E-state index in [1.807, 2.05) is 22.6 Å². The molecule has 22 heavy (non-hydrogen) atoms. The van der Waals surface area contributed by atoms with Crippen LogP contribution in [-0.2, 0) is 4.74 Å². The van der Waals surface area contributed by atoms with Crippen LogP contribution in [0.2, 0.25) is 0 Å². The highest BCUT2D eigenvalue weighted by Crippen LogP contribution is 2.32. The van der Waals surface area contributed by atoms with Crippen molar-refractivity contribution in [3.63, 3.8) is 0 Å². The Morgan fingerprint density at radius 2 is 2.18 bits per heavy atom. The maximum absolute atomic E-state index is 10.1. The number of ether oxygens (including phenoxy) is 1. The first kappa shape index (κ1) is 15.3. The summed E-state index contributed by atoms with van der Waals surface area (Å²) >= 11 is 1.92. The highest BCUT2D eigenvalue weighted by molar-refractivity contribution is 14.1. The average molecular weight is 419 g/mol. The van der Waals surface area contributed by atoms with Crippen molar-refractivity contribution < 1.29 is 20.1 Å². The average Bonchev–Trinajstić information content (AvgIpc) is 3.03. The summed E-state index contributed by atoms with van der Waals surface area (Å²) in [6.07, 6.45) is -2.99. The van der Waals surface area contributed by atoms with Gasteiger partial charge in [-0.3, -0.25) is 4.57 Å². The van der Waals surface area contributed by atoms with Crippen molar-refractivity contribution in [1.82, 2.24) is 19.5 Å². The van der Waals surface area contributed by atoms with Crippen LogP contribution in [0.3, 0.4) is 0 Å². The van der Waals surface area contributed by atoms with E-state index in [9.17, 15) is 10.2 Å². The molecule has 12 heteroatoms. The van der Waals surface area contributed by atoms with Crippen LogP contribution in [0, 0.1) is 3.70 Å². The summed E-state index contributed by atoms with van der Waals surface area (Å²) in [4.78, 5) is 14.8. The molecule has 1 aliphatic rings. The van der Waals surface area contributed by atoms with Gasteiger partial charge in [-0.1, -0.05) is 0 Å². The third-order valence-corrected chi connectivity index (χ3v) is 4.04. The summed E-state index contributed by atoms with van der Waals surface area (Å²) in [5.41, 5.74) is 9.21. The van der Waals surface area contributed by atoms with Crippen molar-refractivity contribution >= 4 is 39.7 Å². The fraction of sp³-hybridized carbons (Fsp3) is 0.500. The molecule has 1 saturated heterocycles. The second-order valence-electron chi connectivity index (χ2n) is 4.56. The van der Waals surface area contributed by atoms with Crippen LogP contribution in [0.15, 0.2) is 11.4 Å². The van der Waals surface area contributed by atoms with E-state index in [0.29, 0.717) is 9.22 Å². The minimum atomic E-state index is -1.26. The molecule has 3 N–H and O–H groups in total. The maximum Gasteiger partial charge on any atom is 0.219 e. The van der Waals surface area contributed by atoms with E-state index in [0.717, 1.165) is 0 Å². The number of hydrogen-bond acceptors (Lipinski definition) is 8. The van der Waals surface area contributed by atoms with Gasteiger partial charge in [0.1, 0.15) is 27.5 Å². The number of fused-ring (bicyclic) bond motifs is 1. The Kier molecular flexibility index (Phi) is 4.12. The number of aliphatic hydroxyl groups is 3. The van der Waals surface area contributed by atoms with Crippen LogP contribution in [0.25, 0.3) is 21.6 Å². The Morgan fingerprint density at radius 1 is 1.41 bits per heavy atom. The molecule has 1 fully saturated rings. The molecule has 0 bridgehead atoms. The monoisotopic (exact) mass is 419 g/mol. The van der Waals surface area contributed by atoms with Gasteiger partial charge in [-0.2, -0.15) is 0 Å². The summed E-state index contributed by atoms with van der Waals surface area (Å²) in [5, 5.41) is 32.4. The molecule has 2 aromatic rings. The highest BCUT2D eigenvalue weighted by atomic mass is 127. The Hall–Kier alpha value is -1.57. The van der Waals surface area contributed by atoms with E-state index >= 15 is 0 Å². The summed E-state index contributed by atoms with van der Waals surface area (Å²) in [6, 6.07) is 0. The predicted molar refractivity (Wildman–Crippen MR) is 79.9 cm³/mol. The van der Waals surface area contributed by atoms with E-state index in [1.165, 1.54) is 10.9 Å². The van der Waals surface area contributed by atoms with Crippen molar-refractivity contribution in [2.75, 3.05) is 6.61 Å². The molecule has 2 aromatic heterocycles. The van der Waals surface area contributed by atoms with Crippen molar-refractivity contribution in [3.8, 4) is 0 Å². The molecule has 0 unspecified atom stereocenters. The topological polar surface area (TPSA) is 162 Å². The Morgan fingerprint density at radius 3 is 2.82 bits per heavy atom. The van der Waals surface area contributed by atoms with Crippen molar-refractivity contribution in [1.29, 1.82) is 0 Å². The van der Waals surface area contributed by atoms with Crippen LogP contribution in [-0.4, -0.2) is 59.8 Å². The number of hydrogen-bond donors (Lipinski definition) is 3. The molecule has 4 atom stereocenters. The van der Waals surface area contributed by atoms with Gasteiger partial charge in [0, 0.05) is 4.91 Å². The van der Waals surface area contributed by atoms with Crippen molar-refractivity contribution in [2.45, 2.75) is 24.5 Å². The zero-order chi connectivity index (χ0) is 15.9. The molecule has 0 spiro atoms. The van der Waals surface area contributed by atoms with Crippen LogP contribution in [0.4, 0.5) is 5.95 Å². The second kappa shape index (κ2) is 5.91. The SMILES string of the molecule is [N-]=[N+]=Nc1nc(I)c2ncn([C@@H]3O[C@H](CO)[C@@H](O)[C@H]3O)c2n1. The van der Waals surface area contributed by atoms with Gasteiger partial charge in [-0.25, -0.2) is 15.0 Å². The van der Waals surface area contributed by atoms with E-state index in [4.69, 9.17) is 15.4 Å². The van der Waals surface area contributed by atoms with Gasteiger partial charge in [-0.15, -0.1) is 0 Å². The number of azide groups is 1. The molecular weight excluding hydrogens is 409 g/mol. The van der Waals surface area contributed by atoms with Gasteiger partial charge < -0.3 is 20.1 Å². The molecule has 1 aliphatic heterocycles. The molecule has 116 valence electrons. The van der Waals surface area contributed by atoms with Gasteiger partial charge in [0.15, 0.2) is 11.9 Å². The Balaban J connectivity index is 2.10. The minimum Gasteiger partial charge on any atom is -0.394 e. The summed E-state index contributed by atoms with van der Waals surface area (Å²) in [5.74, 6) is -0.0899. The Labute approximate surface area is 136 Å². The predicted octanol–water partition coefficient (Wildman–Crippen LogP) is -0.0158. The lowest BCUT2D eigenvalue weighted by atomic mass is 10.1. The van der Waals surface area contributed by atoms with Gasteiger partial charge >= 0.3 is 0 Å². The van der Waals surface area contributed by atoms with E-state index in [-0.39, 0.29) is 11.6 Å². The van der Waals surface area contributed by atoms with Crippen LogP contribution >= 0.6 is 22.6 Å². The maximum atomic E-state index is 10.1. The fourth-order valence-corrected chi connectivity index (χ4v) is 2.85. The number of halogens is 1. The molecule has 3 heterocycles. The third-order valence-electron chi connectivity index (χ3n) is 3.29.